The number of rotatable bonds is 8. The third-order valence-electron chi connectivity index (χ3n) is 4.69. The molecule has 1 aliphatic carbocycles. The summed E-state index contributed by atoms with van der Waals surface area (Å²) in [5.41, 5.74) is 1.27. The second-order valence-corrected chi connectivity index (χ2v) is 7.44. The van der Waals surface area contributed by atoms with Crippen molar-refractivity contribution in [2.24, 2.45) is 17.8 Å². The predicted octanol–water partition coefficient (Wildman–Crippen LogP) is 4.06. The van der Waals surface area contributed by atoms with E-state index in [-0.39, 0.29) is 0 Å². The Labute approximate surface area is 130 Å². The Kier molecular flexibility index (Phi) is 6.28. The number of aromatic nitrogens is 2. The molecule has 1 atom stereocenters. The third-order valence-corrected chi connectivity index (χ3v) is 4.69. The van der Waals surface area contributed by atoms with E-state index in [1.165, 1.54) is 31.4 Å². The monoisotopic (exact) mass is 291 g/mol. The Morgan fingerprint density at radius 1 is 1.19 bits per heavy atom. The first-order valence-electron chi connectivity index (χ1n) is 8.81. The molecular weight excluding hydrogens is 258 g/mol. The van der Waals surface area contributed by atoms with Crippen molar-refractivity contribution in [3.63, 3.8) is 0 Å². The first-order valence-corrected chi connectivity index (χ1v) is 8.81. The van der Waals surface area contributed by atoms with Gasteiger partial charge in [0.15, 0.2) is 0 Å². The van der Waals surface area contributed by atoms with E-state index >= 15 is 0 Å². The van der Waals surface area contributed by atoms with Crippen molar-refractivity contribution in [3.8, 4) is 0 Å². The van der Waals surface area contributed by atoms with Crippen molar-refractivity contribution in [3.05, 3.63) is 18.0 Å². The molecule has 0 radical (unpaired) electrons. The zero-order chi connectivity index (χ0) is 15.2. The maximum Gasteiger partial charge on any atom is 0.0628 e. The molecule has 0 aliphatic heterocycles. The van der Waals surface area contributed by atoms with Gasteiger partial charge >= 0.3 is 0 Å². The summed E-state index contributed by atoms with van der Waals surface area (Å²) in [5.74, 6) is 2.38. The number of nitrogens with zero attached hydrogens (tertiary/aromatic N) is 2. The molecule has 120 valence electrons. The molecule has 0 aromatic carbocycles. The van der Waals surface area contributed by atoms with E-state index in [0.29, 0.717) is 6.04 Å². The lowest BCUT2D eigenvalue weighted by molar-refractivity contribution is 0.312. The van der Waals surface area contributed by atoms with Gasteiger partial charge in [0.2, 0.25) is 0 Å². The Bertz CT molecular complexity index is 402. The molecule has 0 spiro atoms. The van der Waals surface area contributed by atoms with Crippen LogP contribution in [0.25, 0.3) is 0 Å². The minimum Gasteiger partial charge on any atom is -0.316 e. The van der Waals surface area contributed by atoms with Crippen molar-refractivity contribution >= 4 is 0 Å². The summed E-state index contributed by atoms with van der Waals surface area (Å²) >= 11 is 0. The summed E-state index contributed by atoms with van der Waals surface area (Å²) in [4.78, 5) is 0. The quantitative estimate of drug-likeness (QED) is 0.783. The van der Waals surface area contributed by atoms with Gasteiger partial charge in [0.1, 0.15) is 0 Å². The summed E-state index contributed by atoms with van der Waals surface area (Å²) in [6.07, 6.45) is 8.94. The summed E-state index contributed by atoms with van der Waals surface area (Å²) in [6, 6.07) is 2.67. The van der Waals surface area contributed by atoms with E-state index in [0.717, 1.165) is 37.3 Å². The number of nitrogens with one attached hydrogen (secondary N) is 1. The van der Waals surface area contributed by atoms with Crippen LogP contribution >= 0.6 is 0 Å². The van der Waals surface area contributed by atoms with Crippen LogP contribution in [0.3, 0.4) is 0 Å². The van der Waals surface area contributed by atoms with E-state index in [1.54, 1.807) is 0 Å². The molecule has 1 heterocycles. The van der Waals surface area contributed by atoms with Gasteiger partial charge in [-0.05, 0) is 57.2 Å². The molecule has 1 fully saturated rings. The fraction of sp³-hybridized carbons (Fsp3) is 0.833. The fourth-order valence-electron chi connectivity index (χ4n) is 3.43. The zero-order valence-corrected chi connectivity index (χ0v) is 14.3. The van der Waals surface area contributed by atoms with Crippen molar-refractivity contribution in [2.75, 3.05) is 13.1 Å². The highest BCUT2D eigenvalue weighted by Gasteiger charge is 2.25. The molecule has 0 bridgehead atoms. The molecular formula is C18H33N3. The lowest BCUT2D eigenvalue weighted by Gasteiger charge is -2.23. The highest BCUT2D eigenvalue weighted by molar-refractivity contribution is 5.02. The molecule has 0 saturated heterocycles. The molecule has 1 aliphatic rings. The maximum atomic E-state index is 4.75. The van der Waals surface area contributed by atoms with Gasteiger partial charge in [-0.1, -0.05) is 39.5 Å². The molecule has 1 aromatic heterocycles. The molecule has 2 rings (SSSR count). The van der Waals surface area contributed by atoms with Gasteiger partial charge in [-0.3, -0.25) is 4.68 Å². The molecule has 3 heteroatoms. The van der Waals surface area contributed by atoms with Gasteiger partial charge < -0.3 is 5.32 Å². The molecule has 21 heavy (non-hydrogen) atoms. The van der Waals surface area contributed by atoms with Crippen LogP contribution in [0.15, 0.2) is 12.3 Å². The smallest absolute Gasteiger partial charge is 0.0628 e. The highest BCUT2D eigenvalue weighted by atomic mass is 15.3. The highest BCUT2D eigenvalue weighted by Crippen LogP contribution is 2.32. The maximum absolute atomic E-state index is 4.75. The van der Waals surface area contributed by atoms with Gasteiger partial charge in [0.05, 0.1) is 5.69 Å². The predicted molar refractivity (Wildman–Crippen MR) is 89.5 cm³/mol. The van der Waals surface area contributed by atoms with Crippen LogP contribution in [0.1, 0.15) is 65.1 Å². The Morgan fingerprint density at radius 2 is 1.90 bits per heavy atom. The average molecular weight is 291 g/mol. The van der Waals surface area contributed by atoms with Crippen molar-refractivity contribution < 1.29 is 0 Å². The molecule has 1 N–H and O–H groups in total. The van der Waals surface area contributed by atoms with Crippen LogP contribution < -0.4 is 5.32 Å². The van der Waals surface area contributed by atoms with Crippen LogP contribution in [-0.2, 0) is 6.42 Å². The van der Waals surface area contributed by atoms with Crippen LogP contribution in [0, 0.1) is 17.8 Å². The minimum atomic E-state index is 0.461. The van der Waals surface area contributed by atoms with Crippen molar-refractivity contribution in [2.45, 2.75) is 65.8 Å². The average Bonchev–Trinajstić information content (AvgIpc) is 3.08. The second kappa shape index (κ2) is 7.98. The Morgan fingerprint density at radius 3 is 2.48 bits per heavy atom. The van der Waals surface area contributed by atoms with Gasteiger partial charge in [0.25, 0.3) is 0 Å². The SMILES string of the molecule is CC(C)CNCC(Cc1ccn(C(C)C)n1)C1CCCC1. The molecule has 1 aromatic rings. The minimum absolute atomic E-state index is 0.461. The van der Waals surface area contributed by atoms with Crippen LogP contribution in [0.4, 0.5) is 0 Å². The number of hydrogen-bond acceptors (Lipinski definition) is 2. The lowest BCUT2D eigenvalue weighted by atomic mass is 9.87. The van der Waals surface area contributed by atoms with Crippen LogP contribution in [-0.4, -0.2) is 22.9 Å². The summed E-state index contributed by atoms with van der Waals surface area (Å²) in [5, 5.41) is 8.43. The van der Waals surface area contributed by atoms with E-state index in [1.807, 2.05) is 0 Å². The van der Waals surface area contributed by atoms with E-state index < -0.39 is 0 Å². The van der Waals surface area contributed by atoms with Crippen LogP contribution in [0.2, 0.25) is 0 Å². The molecule has 1 saturated carbocycles. The summed E-state index contributed by atoms with van der Waals surface area (Å²) in [7, 11) is 0. The van der Waals surface area contributed by atoms with Crippen molar-refractivity contribution in [1.82, 2.24) is 15.1 Å². The molecule has 1 unspecified atom stereocenters. The number of hydrogen-bond donors (Lipinski definition) is 1. The van der Waals surface area contributed by atoms with E-state index in [4.69, 9.17) is 5.10 Å². The van der Waals surface area contributed by atoms with Gasteiger partial charge in [-0.25, -0.2) is 0 Å². The topological polar surface area (TPSA) is 29.9 Å². The lowest BCUT2D eigenvalue weighted by Crippen LogP contribution is -2.31. The first kappa shape index (κ1) is 16.5. The zero-order valence-electron chi connectivity index (χ0n) is 14.3. The van der Waals surface area contributed by atoms with Gasteiger partial charge in [0, 0.05) is 12.2 Å². The van der Waals surface area contributed by atoms with Crippen LogP contribution in [0.5, 0.6) is 0 Å². The third kappa shape index (κ3) is 5.14. The molecule has 3 nitrogen and oxygen atoms in total. The normalized spacial score (nSPS) is 18.0. The summed E-state index contributed by atoms with van der Waals surface area (Å²) in [6.45, 7) is 11.2. The fourth-order valence-corrected chi connectivity index (χ4v) is 3.43. The Balaban J connectivity index is 1.93. The Hall–Kier alpha value is -0.830. The second-order valence-electron chi connectivity index (χ2n) is 7.44. The van der Waals surface area contributed by atoms with E-state index in [9.17, 15) is 0 Å². The van der Waals surface area contributed by atoms with E-state index in [2.05, 4.69) is 50.0 Å². The first-order chi connectivity index (χ1) is 10.1. The van der Waals surface area contributed by atoms with Crippen molar-refractivity contribution in [1.29, 1.82) is 0 Å². The van der Waals surface area contributed by atoms with Gasteiger partial charge in [-0.2, -0.15) is 5.10 Å². The molecule has 0 amide bonds. The summed E-state index contributed by atoms with van der Waals surface area (Å²) < 4.78 is 2.09. The standard InChI is InChI=1S/C18H33N3/c1-14(2)12-19-13-17(16-7-5-6-8-16)11-18-9-10-21(20-18)15(3)4/h9-10,14-17,19H,5-8,11-13H2,1-4H3. The largest absolute Gasteiger partial charge is 0.316 e. The van der Waals surface area contributed by atoms with Gasteiger partial charge in [-0.15, -0.1) is 0 Å².